The van der Waals surface area contributed by atoms with E-state index in [0.717, 1.165) is 0 Å². The summed E-state index contributed by atoms with van der Waals surface area (Å²) < 4.78 is 24.5. The summed E-state index contributed by atoms with van der Waals surface area (Å²) in [7, 11) is 1.48. The molecule has 5 heteroatoms. The predicted octanol–water partition coefficient (Wildman–Crippen LogP) is 3.52. The van der Waals surface area contributed by atoms with E-state index >= 15 is 0 Å². The van der Waals surface area contributed by atoms with Crippen LogP contribution >= 0.6 is 0 Å². The molecule has 0 saturated heterocycles. The van der Waals surface area contributed by atoms with Gasteiger partial charge in [-0.25, -0.2) is 4.39 Å². The van der Waals surface area contributed by atoms with Crippen molar-refractivity contribution in [2.24, 2.45) is 5.73 Å². The van der Waals surface area contributed by atoms with Crippen molar-refractivity contribution >= 4 is 0 Å². The van der Waals surface area contributed by atoms with Crippen LogP contribution in [0.25, 0.3) is 0 Å². The molecule has 0 aromatic heterocycles. The standard InChI is InChI=1S/C16H15FN2O2/c1-10(19)12-3-4-16(15(17)7-12)21-14-6-11(9-18)5-13(8-14)20-2/h3-8,10H,19H2,1-2H3/t10-/m1/s1. The van der Waals surface area contributed by atoms with Crippen molar-refractivity contribution in [2.75, 3.05) is 7.11 Å². The zero-order valence-electron chi connectivity index (χ0n) is 11.8. The average molecular weight is 286 g/mol. The highest BCUT2D eigenvalue weighted by Crippen LogP contribution is 2.29. The Balaban J connectivity index is 2.32. The third-order valence-corrected chi connectivity index (χ3v) is 2.95. The molecular weight excluding hydrogens is 271 g/mol. The molecule has 0 radical (unpaired) electrons. The van der Waals surface area contributed by atoms with Gasteiger partial charge in [0.05, 0.1) is 18.7 Å². The number of nitrogens with zero attached hydrogens (tertiary/aromatic N) is 1. The Bertz CT molecular complexity index is 693. The summed E-state index contributed by atoms with van der Waals surface area (Å²) >= 11 is 0. The molecule has 21 heavy (non-hydrogen) atoms. The molecule has 0 bridgehead atoms. The van der Waals surface area contributed by atoms with E-state index in [1.54, 1.807) is 25.1 Å². The molecule has 0 aliphatic heterocycles. The molecule has 0 aliphatic carbocycles. The van der Waals surface area contributed by atoms with E-state index in [9.17, 15) is 4.39 Å². The number of nitrogens with two attached hydrogens (primary N) is 1. The van der Waals surface area contributed by atoms with Crippen molar-refractivity contribution in [1.82, 2.24) is 0 Å². The van der Waals surface area contributed by atoms with Gasteiger partial charge in [-0.2, -0.15) is 5.26 Å². The maximum absolute atomic E-state index is 14.0. The first kappa shape index (κ1) is 14.8. The lowest BCUT2D eigenvalue weighted by Crippen LogP contribution is -2.05. The first-order chi connectivity index (χ1) is 10.0. The predicted molar refractivity (Wildman–Crippen MR) is 76.8 cm³/mol. The molecule has 0 unspecified atom stereocenters. The number of hydrogen-bond acceptors (Lipinski definition) is 4. The zero-order chi connectivity index (χ0) is 15.4. The van der Waals surface area contributed by atoms with Gasteiger partial charge in [0.2, 0.25) is 0 Å². The zero-order valence-corrected chi connectivity index (χ0v) is 11.8. The Morgan fingerprint density at radius 1 is 1.19 bits per heavy atom. The van der Waals surface area contributed by atoms with Crippen LogP contribution in [0.2, 0.25) is 0 Å². The van der Waals surface area contributed by atoms with Crippen molar-refractivity contribution < 1.29 is 13.9 Å². The summed E-state index contributed by atoms with van der Waals surface area (Å²) in [5.41, 5.74) is 6.76. The molecule has 2 rings (SSSR count). The van der Waals surface area contributed by atoms with Crippen LogP contribution in [0.4, 0.5) is 4.39 Å². The molecule has 0 amide bonds. The molecule has 0 aliphatic rings. The van der Waals surface area contributed by atoms with E-state index < -0.39 is 5.82 Å². The molecule has 4 nitrogen and oxygen atoms in total. The molecule has 2 aromatic rings. The van der Waals surface area contributed by atoms with Crippen LogP contribution in [0.15, 0.2) is 36.4 Å². The number of halogens is 1. The molecule has 0 fully saturated rings. The number of rotatable bonds is 4. The monoisotopic (exact) mass is 286 g/mol. The van der Waals surface area contributed by atoms with Crippen molar-refractivity contribution in [3.63, 3.8) is 0 Å². The Labute approximate surface area is 122 Å². The maximum atomic E-state index is 14.0. The fraction of sp³-hybridized carbons (Fsp3) is 0.188. The van der Waals surface area contributed by atoms with Crippen molar-refractivity contribution in [3.05, 3.63) is 53.3 Å². The fourth-order valence-electron chi connectivity index (χ4n) is 1.82. The minimum atomic E-state index is -0.508. The summed E-state index contributed by atoms with van der Waals surface area (Å²) in [5.74, 6) is 0.359. The molecular formula is C16H15FN2O2. The Kier molecular flexibility index (Phi) is 4.41. The van der Waals surface area contributed by atoms with E-state index in [1.807, 2.05) is 6.07 Å². The lowest BCUT2D eigenvalue weighted by molar-refractivity contribution is 0.405. The Hall–Kier alpha value is -2.58. The van der Waals surface area contributed by atoms with Gasteiger partial charge in [-0.3, -0.25) is 0 Å². The molecule has 0 spiro atoms. The number of hydrogen-bond donors (Lipinski definition) is 1. The minimum Gasteiger partial charge on any atom is -0.497 e. The average Bonchev–Trinajstić information content (AvgIpc) is 2.48. The van der Waals surface area contributed by atoms with Gasteiger partial charge in [-0.05, 0) is 36.8 Å². The molecule has 108 valence electrons. The smallest absolute Gasteiger partial charge is 0.166 e. The van der Waals surface area contributed by atoms with Crippen LogP contribution in [-0.2, 0) is 0 Å². The third kappa shape index (κ3) is 3.50. The van der Waals surface area contributed by atoms with Gasteiger partial charge >= 0.3 is 0 Å². The van der Waals surface area contributed by atoms with Crippen LogP contribution < -0.4 is 15.2 Å². The highest BCUT2D eigenvalue weighted by atomic mass is 19.1. The van der Waals surface area contributed by atoms with E-state index in [1.165, 1.54) is 25.3 Å². The highest BCUT2D eigenvalue weighted by molar-refractivity contribution is 5.45. The van der Waals surface area contributed by atoms with Gasteiger partial charge in [0.15, 0.2) is 11.6 Å². The highest BCUT2D eigenvalue weighted by Gasteiger charge is 2.10. The van der Waals surface area contributed by atoms with Gasteiger partial charge in [0.25, 0.3) is 0 Å². The largest absolute Gasteiger partial charge is 0.497 e. The van der Waals surface area contributed by atoms with Gasteiger partial charge in [-0.15, -0.1) is 0 Å². The topological polar surface area (TPSA) is 68.3 Å². The fourth-order valence-corrected chi connectivity index (χ4v) is 1.82. The summed E-state index contributed by atoms with van der Waals surface area (Å²) in [6.07, 6.45) is 0. The first-order valence-electron chi connectivity index (χ1n) is 6.35. The lowest BCUT2D eigenvalue weighted by Gasteiger charge is -2.11. The number of nitriles is 1. The Morgan fingerprint density at radius 3 is 2.48 bits per heavy atom. The third-order valence-electron chi connectivity index (χ3n) is 2.95. The second-order valence-corrected chi connectivity index (χ2v) is 4.59. The Morgan fingerprint density at radius 2 is 1.90 bits per heavy atom. The van der Waals surface area contributed by atoms with Crippen molar-refractivity contribution in [2.45, 2.75) is 13.0 Å². The summed E-state index contributed by atoms with van der Waals surface area (Å²) in [6.45, 7) is 1.77. The molecule has 2 N–H and O–H groups in total. The molecule has 1 atom stereocenters. The number of ether oxygens (including phenoxy) is 2. The van der Waals surface area contributed by atoms with Gasteiger partial charge in [0, 0.05) is 12.1 Å². The second-order valence-electron chi connectivity index (χ2n) is 4.59. The normalized spacial score (nSPS) is 11.6. The first-order valence-corrected chi connectivity index (χ1v) is 6.35. The minimum absolute atomic E-state index is 0.0662. The van der Waals surface area contributed by atoms with E-state index in [-0.39, 0.29) is 11.8 Å². The van der Waals surface area contributed by atoms with E-state index in [4.69, 9.17) is 20.5 Å². The second kappa shape index (κ2) is 6.25. The summed E-state index contributed by atoms with van der Waals surface area (Å²) in [6, 6.07) is 11.0. The van der Waals surface area contributed by atoms with Crippen LogP contribution in [0.1, 0.15) is 24.1 Å². The van der Waals surface area contributed by atoms with E-state index in [2.05, 4.69) is 0 Å². The van der Waals surface area contributed by atoms with Crippen LogP contribution in [-0.4, -0.2) is 7.11 Å². The van der Waals surface area contributed by atoms with Gasteiger partial charge in [0.1, 0.15) is 11.5 Å². The lowest BCUT2D eigenvalue weighted by atomic mass is 10.1. The molecule has 0 heterocycles. The van der Waals surface area contributed by atoms with Crippen molar-refractivity contribution in [3.8, 4) is 23.3 Å². The van der Waals surface area contributed by atoms with Crippen LogP contribution in [0.3, 0.4) is 0 Å². The number of benzene rings is 2. The van der Waals surface area contributed by atoms with Crippen molar-refractivity contribution in [1.29, 1.82) is 5.26 Å². The maximum Gasteiger partial charge on any atom is 0.166 e. The van der Waals surface area contributed by atoms with Gasteiger partial charge < -0.3 is 15.2 Å². The van der Waals surface area contributed by atoms with E-state index in [0.29, 0.717) is 22.6 Å². The SMILES string of the molecule is COc1cc(C#N)cc(Oc2ccc([C@@H](C)N)cc2F)c1. The quantitative estimate of drug-likeness (QED) is 0.933. The van der Waals surface area contributed by atoms with Crippen LogP contribution in [0, 0.1) is 17.1 Å². The van der Waals surface area contributed by atoms with Crippen LogP contribution in [0.5, 0.6) is 17.2 Å². The number of methoxy groups -OCH3 is 1. The molecule has 2 aromatic carbocycles. The molecule has 0 saturated carbocycles. The summed E-state index contributed by atoms with van der Waals surface area (Å²) in [4.78, 5) is 0. The summed E-state index contributed by atoms with van der Waals surface area (Å²) in [5, 5.41) is 8.95. The van der Waals surface area contributed by atoms with Gasteiger partial charge in [-0.1, -0.05) is 6.07 Å².